The van der Waals surface area contributed by atoms with E-state index >= 15 is 0 Å². The smallest absolute Gasteiger partial charge is 0.258 e. The van der Waals surface area contributed by atoms with Gasteiger partial charge in [0.2, 0.25) is 9.84 Å². The van der Waals surface area contributed by atoms with Crippen molar-refractivity contribution in [1.82, 2.24) is 15.1 Å². The molecule has 2 aliphatic rings. The normalized spacial score (nSPS) is 16.9. The number of likely N-dealkylation sites (tertiary alicyclic amines) is 1. The molecule has 0 saturated carbocycles. The van der Waals surface area contributed by atoms with E-state index in [1.54, 1.807) is 6.07 Å². The molecule has 0 unspecified atom stereocenters. The number of ether oxygens (including phenoxy) is 1. The number of benzene rings is 3. The van der Waals surface area contributed by atoms with Gasteiger partial charge in [0.15, 0.2) is 5.82 Å². The van der Waals surface area contributed by atoms with Crippen molar-refractivity contribution in [2.24, 2.45) is 0 Å². The average molecular weight is 592 g/mol. The van der Waals surface area contributed by atoms with Crippen LogP contribution in [0.1, 0.15) is 48.0 Å². The number of carbonyl (C=O) groups excluding carboxylic acids is 1. The zero-order chi connectivity index (χ0) is 29.1. The summed E-state index contributed by atoms with van der Waals surface area (Å²) in [6.45, 7) is 4.33. The minimum absolute atomic E-state index is 0.0264. The predicted molar refractivity (Wildman–Crippen MR) is 159 cm³/mol. The van der Waals surface area contributed by atoms with Crippen molar-refractivity contribution in [2.75, 3.05) is 36.9 Å². The molecule has 1 aromatic heterocycles. The number of anilines is 2. The fourth-order valence-electron chi connectivity index (χ4n) is 5.65. The maximum atomic E-state index is 13.8. The van der Waals surface area contributed by atoms with E-state index in [-0.39, 0.29) is 27.6 Å². The molecule has 220 valence electrons. The van der Waals surface area contributed by atoms with E-state index < -0.39 is 15.7 Å². The third kappa shape index (κ3) is 6.18. The molecule has 1 amide bonds. The van der Waals surface area contributed by atoms with E-state index in [4.69, 9.17) is 4.74 Å². The number of piperidine rings is 1. The summed E-state index contributed by atoms with van der Waals surface area (Å²) in [7, 11) is -3.99. The summed E-state index contributed by atoms with van der Waals surface area (Å²) < 4.78 is 45.7. The second kappa shape index (κ2) is 12.2. The molecule has 2 aliphatic heterocycles. The van der Waals surface area contributed by atoms with Gasteiger partial charge in [-0.15, -0.1) is 0 Å². The Morgan fingerprint density at radius 2 is 1.79 bits per heavy atom. The van der Waals surface area contributed by atoms with Crippen LogP contribution in [0.4, 0.5) is 15.9 Å². The number of sulfone groups is 1. The standard InChI is InChI=1S/C31H34FN5O4S/c32-22-5-4-6-24(18-22)42(39,40)25-8-10-28-27(19-25)30(36-35-28)34-31(38)26-9-7-21(20-37-13-2-1-3-14-37)17-29(26)33-23-11-15-41-16-12-23/h4-10,17-19,23,33H,1-3,11-16,20H2,(H2,34,35,36,38). The van der Waals surface area contributed by atoms with Gasteiger partial charge in [0.25, 0.3) is 5.91 Å². The maximum Gasteiger partial charge on any atom is 0.258 e. The number of H-pyrrole nitrogens is 1. The Bertz CT molecular complexity index is 1690. The molecule has 0 radical (unpaired) electrons. The molecule has 42 heavy (non-hydrogen) atoms. The first-order valence-electron chi connectivity index (χ1n) is 14.4. The lowest BCUT2D eigenvalue weighted by Crippen LogP contribution is -2.30. The molecule has 3 aromatic carbocycles. The van der Waals surface area contributed by atoms with Crippen LogP contribution >= 0.6 is 0 Å². The van der Waals surface area contributed by atoms with Gasteiger partial charge in [0.1, 0.15) is 5.82 Å². The van der Waals surface area contributed by atoms with Gasteiger partial charge < -0.3 is 15.4 Å². The van der Waals surface area contributed by atoms with Crippen LogP contribution in [-0.4, -0.2) is 61.8 Å². The number of hydrogen-bond donors (Lipinski definition) is 3. The highest BCUT2D eigenvalue weighted by Crippen LogP contribution is 2.29. The van der Waals surface area contributed by atoms with E-state index in [0.29, 0.717) is 29.7 Å². The van der Waals surface area contributed by atoms with Crippen LogP contribution in [0, 0.1) is 5.82 Å². The summed E-state index contributed by atoms with van der Waals surface area (Å²) >= 11 is 0. The molecule has 3 N–H and O–H groups in total. The Morgan fingerprint density at radius 1 is 1.00 bits per heavy atom. The van der Waals surface area contributed by atoms with Gasteiger partial charge in [-0.2, -0.15) is 5.10 Å². The number of nitrogens with one attached hydrogen (secondary N) is 3. The first-order chi connectivity index (χ1) is 20.4. The van der Waals surface area contributed by atoms with E-state index in [2.05, 4.69) is 31.8 Å². The molecule has 0 spiro atoms. The van der Waals surface area contributed by atoms with Crippen molar-refractivity contribution < 1.29 is 22.3 Å². The SMILES string of the molecule is O=C(Nc1n[nH]c2ccc(S(=O)(=O)c3cccc(F)c3)cc12)c1ccc(CN2CCCCC2)cc1NC1CCOCC1. The highest BCUT2D eigenvalue weighted by atomic mass is 32.2. The minimum atomic E-state index is -3.99. The molecule has 9 nitrogen and oxygen atoms in total. The van der Waals surface area contributed by atoms with Gasteiger partial charge in [-0.05, 0) is 92.9 Å². The summed E-state index contributed by atoms with van der Waals surface area (Å²) in [5.74, 6) is -0.790. The Kier molecular flexibility index (Phi) is 8.23. The van der Waals surface area contributed by atoms with Crippen molar-refractivity contribution in [3.8, 4) is 0 Å². The Labute approximate surface area is 244 Å². The number of halogens is 1. The number of amides is 1. The molecule has 11 heteroatoms. The van der Waals surface area contributed by atoms with Crippen molar-refractivity contribution >= 4 is 38.2 Å². The molecule has 4 aromatic rings. The number of aromatic nitrogens is 2. The summed E-state index contributed by atoms with van der Waals surface area (Å²) in [5, 5.41) is 14.0. The van der Waals surface area contributed by atoms with Crippen LogP contribution in [0.15, 0.2) is 70.5 Å². The first-order valence-corrected chi connectivity index (χ1v) is 15.8. The zero-order valence-electron chi connectivity index (χ0n) is 23.2. The highest BCUT2D eigenvalue weighted by Gasteiger charge is 2.23. The minimum Gasteiger partial charge on any atom is -0.381 e. The predicted octanol–water partition coefficient (Wildman–Crippen LogP) is 5.36. The lowest BCUT2D eigenvalue weighted by atomic mass is 10.0. The molecule has 0 atom stereocenters. The summed E-state index contributed by atoms with van der Waals surface area (Å²) in [5.41, 5.74) is 2.92. The van der Waals surface area contributed by atoms with Gasteiger partial charge in [-0.1, -0.05) is 18.6 Å². The van der Waals surface area contributed by atoms with Crippen molar-refractivity contribution in [3.63, 3.8) is 0 Å². The molecule has 3 heterocycles. The third-order valence-corrected chi connectivity index (χ3v) is 9.70. The van der Waals surface area contributed by atoms with Crippen LogP contribution in [-0.2, 0) is 21.1 Å². The molecule has 2 fully saturated rings. The fourth-order valence-corrected chi connectivity index (χ4v) is 6.96. The first kappa shape index (κ1) is 28.3. The fraction of sp³-hybridized carbons (Fsp3) is 0.355. The van der Waals surface area contributed by atoms with Crippen LogP contribution < -0.4 is 10.6 Å². The third-order valence-electron chi connectivity index (χ3n) is 7.95. The van der Waals surface area contributed by atoms with Gasteiger partial charge >= 0.3 is 0 Å². The van der Waals surface area contributed by atoms with Crippen LogP contribution in [0.25, 0.3) is 10.9 Å². The number of aromatic amines is 1. The summed E-state index contributed by atoms with van der Waals surface area (Å²) in [6.07, 6.45) is 5.38. The van der Waals surface area contributed by atoms with E-state index in [1.807, 2.05) is 12.1 Å². The van der Waals surface area contributed by atoms with Crippen LogP contribution in [0.3, 0.4) is 0 Å². The Hall–Kier alpha value is -3.80. The quantitative estimate of drug-likeness (QED) is 0.253. The number of hydrogen-bond acceptors (Lipinski definition) is 7. The van der Waals surface area contributed by atoms with E-state index in [1.165, 1.54) is 49.6 Å². The van der Waals surface area contributed by atoms with Crippen LogP contribution in [0.2, 0.25) is 0 Å². The second-order valence-corrected chi connectivity index (χ2v) is 12.9. The second-order valence-electron chi connectivity index (χ2n) is 10.9. The van der Waals surface area contributed by atoms with E-state index in [0.717, 1.165) is 49.8 Å². The maximum absolute atomic E-state index is 13.8. The van der Waals surface area contributed by atoms with Gasteiger partial charge in [-0.25, -0.2) is 12.8 Å². The Morgan fingerprint density at radius 3 is 2.57 bits per heavy atom. The molecule has 2 saturated heterocycles. The van der Waals surface area contributed by atoms with Crippen molar-refractivity contribution in [2.45, 2.75) is 54.5 Å². The topological polar surface area (TPSA) is 116 Å². The van der Waals surface area contributed by atoms with Crippen LogP contribution in [0.5, 0.6) is 0 Å². The molecular formula is C31H34FN5O4S. The Balaban J connectivity index is 1.28. The van der Waals surface area contributed by atoms with Gasteiger partial charge in [0, 0.05) is 36.9 Å². The highest BCUT2D eigenvalue weighted by molar-refractivity contribution is 7.91. The molecule has 0 aliphatic carbocycles. The number of nitrogens with zero attached hydrogens (tertiary/aromatic N) is 2. The van der Waals surface area contributed by atoms with Gasteiger partial charge in [0.05, 0.1) is 20.9 Å². The number of fused-ring (bicyclic) bond motifs is 1. The van der Waals surface area contributed by atoms with E-state index in [9.17, 15) is 17.6 Å². The van der Waals surface area contributed by atoms with Crippen molar-refractivity contribution in [3.05, 3.63) is 77.6 Å². The number of rotatable bonds is 8. The number of carbonyl (C=O) groups is 1. The largest absolute Gasteiger partial charge is 0.381 e. The molecule has 0 bridgehead atoms. The molecular weight excluding hydrogens is 557 g/mol. The molecule has 6 rings (SSSR count). The lowest BCUT2D eigenvalue weighted by Gasteiger charge is -2.28. The monoisotopic (exact) mass is 591 g/mol. The zero-order valence-corrected chi connectivity index (χ0v) is 24.1. The lowest BCUT2D eigenvalue weighted by molar-refractivity contribution is 0.0904. The van der Waals surface area contributed by atoms with Gasteiger partial charge in [-0.3, -0.25) is 14.8 Å². The average Bonchev–Trinajstić information content (AvgIpc) is 3.40. The summed E-state index contributed by atoms with van der Waals surface area (Å²) in [6, 6.07) is 15.4. The van der Waals surface area contributed by atoms with Crippen molar-refractivity contribution in [1.29, 1.82) is 0 Å². The summed E-state index contributed by atoms with van der Waals surface area (Å²) in [4.78, 5) is 15.9.